The van der Waals surface area contributed by atoms with Crippen LogP contribution in [0.25, 0.3) is 0 Å². The fourth-order valence-electron chi connectivity index (χ4n) is 2.67. The zero-order valence-corrected chi connectivity index (χ0v) is 12.4. The van der Waals surface area contributed by atoms with E-state index < -0.39 is 0 Å². The second kappa shape index (κ2) is 6.56. The number of hydrogen-bond donors (Lipinski definition) is 0. The number of hydrogen-bond acceptors (Lipinski definition) is 2. The van der Waals surface area contributed by atoms with E-state index in [9.17, 15) is 9.18 Å². The first-order valence-corrected chi connectivity index (χ1v) is 7.96. The summed E-state index contributed by atoms with van der Waals surface area (Å²) in [7, 11) is 0. The van der Waals surface area contributed by atoms with Gasteiger partial charge in [-0.05, 0) is 49.3 Å². The van der Waals surface area contributed by atoms with E-state index in [2.05, 4.69) is 13.8 Å². The van der Waals surface area contributed by atoms with E-state index in [-0.39, 0.29) is 11.7 Å². The summed E-state index contributed by atoms with van der Waals surface area (Å²) < 4.78 is 13.0. The van der Waals surface area contributed by atoms with Crippen molar-refractivity contribution in [2.75, 3.05) is 5.75 Å². The Balaban J connectivity index is 1.84. The Labute approximate surface area is 119 Å². The Morgan fingerprint density at radius 1 is 1.32 bits per heavy atom. The molecule has 1 nitrogen and oxygen atoms in total. The van der Waals surface area contributed by atoms with E-state index in [1.54, 1.807) is 6.07 Å². The van der Waals surface area contributed by atoms with Crippen LogP contribution in [0, 0.1) is 23.6 Å². The number of carbonyl (C=O) groups is 1. The van der Waals surface area contributed by atoms with Gasteiger partial charge in [0.05, 0.1) is 5.75 Å². The molecule has 0 amide bonds. The Hall–Kier alpha value is -0.830. The quantitative estimate of drug-likeness (QED) is 0.752. The van der Waals surface area contributed by atoms with Crippen LogP contribution in [0.15, 0.2) is 29.2 Å². The van der Waals surface area contributed by atoms with Crippen molar-refractivity contribution < 1.29 is 9.18 Å². The minimum atomic E-state index is -0.238. The topological polar surface area (TPSA) is 17.1 Å². The van der Waals surface area contributed by atoms with Crippen molar-refractivity contribution in [3.8, 4) is 0 Å². The molecule has 1 aromatic carbocycles. The molecule has 0 radical (unpaired) electrons. The van der Waals surface area contributed by atoms with Crippen molar-refractivity contribution in [2.45, 2.75) is 38.0 Å². The summed E-state index contributed by atoms with van der Waals surface area (Å²) in [4.78, 5) is 13.0. The zero-order chi connectivity index (χ0) is 13.8. The van der Waals surface area contributed by atoms with Gasteiger partial charge < -0.3 is 0 Å². The SMILES string of the molecule is CC1CCC(C(=O)CSc2cccc(F)c2)CC1C. The van der Waals surface area contributed by atoms with Crippen molar-refractivity contribution in [3.63, 3.8) is 0 Å². The lowest BCUT2D eigenvalue weighted by atomic mass is 9.74. The molecule has 0 saturated heterocycles. The van der Waals surface area contributed by atoms with Crippen molar-refractivity contribution in [3.05, 3.63) is 30.1 Å². The van der Waals surface area contributed by atoms with Crippen LogP contribution in [0.3, 0.4) is 0 Å². The Morgan fingerprint density at radius 3 is 2.79 bits per heavy atom. The largest absolute Gasteiger partial charge is 0.298 e. The lowest BCUT2D eigenvalue weighted by Gasteiger charge is -2.31. The molecule has 0 spiro atoms. The Morgan fingerprint density at radius 2 is 2.11 bits per heavy atom. The molecule has 3 unspecified atom stereocenters. The first kappa shape index (κ1) is 14.6. The van der Waals surface area contributed by atoms with E-state index in [0.29, 0.717) is 17.5 Å². The molecule has 1 aromatic rings. The standard InChI is InChI=1S/C16H21FOS/c1-11-6-7-13(8-12(11)2)16(18)10-19-15-5-3-4-14(17)9-15/h3-5,9,11-13H,6-8,10H2,1-2H3. The van der Waals surface area contributed by atoms with Crippen molar-refractivity contribution in [2.24, 2.45) is 17.8 Å². The average molecular weight is 280 g/mol. The van der Waals surface area contributed by atoms with Crippen LogP contribution in [0.1, 0.15) is 33.1 Å². The summed E-state index contributed by atoms with van der Waals surface area (Å²) in [5.41, 5.74) is 0. The van der Waals surface area contributed by atoms with Crippen LogP contribution in [0.4, 0.5) is 4.39 Å². The average Bonchev–Trinajstić information content (AvgIpc) is 2.39. The maximum atomic E-state index is 13.0. The van der Waals surface area contributed by atoms with E-state index in [0.717, 1.165) is 30.1 Å². The van der Waals surface area contributed by atoms with Gasteiger partial charge in [-0.3, -0.25) is 4.79 Å². The number of halogens is 1. The molecular weight excluding hydrogens is 259 g/mol. The maximum Gasteiger partial charge on any atom is 0.146 e. The molecule has 2 rings (SSSR count). The van der Waals surface area contributed by atoms with Gasteiger partial charge in [0.2, 0.25) is 0 Å². The number of thioether (sulfide) groups is 1. The monoisotopic (exact) mass is 280 g/mol. The van der Waals surface area contributed by atoms with Crippen molar-refractivity contribution in [1.82, 2.24) is 0 Å². The summed E-state index contributed by atoms with van der Waals surface area (Å²) in [6.45, 7) is 4.51. The van der Waals surface area contributed by atoms with Crippen molar-refractivity contribution in [1.29, 1.82) is 0 Å². The summed E-state index contributed by atoms with van der Waals surface area (Å²) in [6, 6.07) is 6.46. The van der Waals surface area contributed by atoms with Gasteiger partial charge in [0, 0.05) is 10.8 Å². The highest BCUT2D eigenvalue weighted by Crippen LogP contribution is 2.34. The third-order valence-corrected chi connectivity index (χ3v) is 5.25. The highest BCUT2D eigenvalue weighted by atomic mass is 32.2. The smallest absolute Gasteiger partial charge is 0.146 e. The highest BCUT2D eigenvalue weighted by molar-refractivity contribution is 8.00. The van der Waals surface area contributed by atoms with Crippen molar-refractivity contribution >= 4 is 17.5 Å². The van der Waals surface area contributed by atoms with Gasteiger partial charge in [0.25, 0.3) is 0 Å². The molecule has 1 aliphatic carbocycles. The van der Waals surface area contributed by atoms with Gasteiger partial charge in [-0.2, -0.15) is 0 Å². The molecule has 3 atom stereocenters. The first-order chi connectivity index (χ1) is 9.06. The Bertz CT molecular complexity index is 446. The predicted molar refractivity (Wildman–Crippen MR) is 77.8 cm³/mol. The fourth-order valence-corrected chi connectivity index (χ4v) is 3.58. The summed E-state index contributed by atoms with van der Waals surface area (Å²) >= 11 is 1.45. The molecule has 0 bridgehead atoms. The third kappa shape index (κ3) is 4.07. The molecule has 104 valence electrons. The van der Waals surface area contributed by atoms with Crippen LogP contribution >= 0.6 is 11.8 Å². The van der Waals surface area contributed by atoms with Gasteiger partial charge in [-0.15, -0.1) is 11.8 Å². The maximum absolute atomic E-state index is 13.0. The zero-order valence-electron chi connectivity index (χ0n) is 11.6. The van der Waals surface area contributed by atoms with Gasteiger partial charge in [-0.1, -0.05) is 19.9 Å². The van der Waals surface area contributed by atoms with E-state index in [1.807, 2.05) is 6.07 Å². The minimum absolute atomic E-state index is 0.215. The lowest BCUT2D eigenvalue weighted by molar-refractivity contribution is -0.122. The number of benzene rings is 1. The molecule has 1 aliphatic rings. The molecule has 0 N–H and O–H groups in total. The predicted octanol–water partition coefficient (Wildman–Crippen LogP) is 4.56. The lowest BCUT2D eigenvalue weighted by Crippen LogP contribution is -2.27. The molecular formula is C16H21FOS. The molecule has 0 aliphatic heterocycles. The Kier molecular flexibility index (Phi) is 5.03. The number of ketones is 1. The normalized spacial score (nSPS) is 27.2. The summed E-state index contributed by atoms with van der Waals surface area (Å²) in [5, 5.41) is 0. The molecule has 19 heavy (non-hydrogen) atoms. The van der Waals surface area contributed by atoms with E-state index in [1.165, 1.54) is 23.9 Å². The molecule has 0 aromatic heterocycles. The van der Waals surface area contributed by atoms with Crippen LogP contribution in [-0.2, 0) is 4.79 Å². The second-order valence-electron chi connectivity index (χ2n) is 5.68. The van der Waals surface area contributed by atoms with Crippen LogP contribution < -0.4 is 0 Å². The number of rotatable bonds is 4. The van der Waals surface area contributed by atoms with Gasteiger partial charge in [-0.25, -0.2) is 4.39 Å². The third-order valence-electron chi connectivity index (χ3n) is 4.23. The summed E-state index contributed by atoms with van der Waals surface area (Å²) in [6.07, 6.45) is 3.19. The van der Waals surface area contributed by atoms with Crippen LogP contribution in [-0.4, -0.2) is 11.5 Å². The first-order valence-electron chi connectivity index (χ1n) is 6.97. The number of carbonyl (C=O) groups excluding carboxylic acids is 1. The molecule has 1 fully saturated rings. The van der Waals surface area contributed by atoms with Gasteiger partial charge in [0.15, 0.2) is 0 Å². The minimum Gasteiger partial charge on any atom is -0.298 e. The van der Waals surface area contributed by atoms with E-state index >= 15 is 0 Å². The van der Waals surface area contributed by atoms with E-state index in [4.69, 9.17) is 0 Å². The van der Waals surface area contributed by atoms with Gasteiger partial charge >= 0.3 is 0 Å². The summed E-state index contributed by atoms with van der Waals surface area (Å²) in [5.74, 6) is 2.15. The van der Waals surface area contributed by atoms with Crippen LogP contribution in [0.2, 0.25) is 0 Å². The molecule has 1 saturated carbocycles. The fraction of sp³-hybridized carbons (Fsp3) is 0.562. The van der Waals surface area contributed by atoms with Crippen LogP contribution in [0.5, 0.6) is 0 Å². The molecule has 0 heterocycles. The second-order valence-corrected chi connectivity index (χ2v) is 6.73. The molecule has 3 heteroatoms. The number of Topliss-reactive ketones (excluding diaryl/α,β-unsaturated/α-hetero) is 1. The van der Waals surface area contributed by atoms with Gasteiger partial charge in [0.1, 0.15) is 11.6 Å². The highest BCUT2D eigenvalue weighted by Gasteiger charge is 2.28.